The fourth-order valence-electron chi connectivity index (χ4n) is 2.68. The summed E-state index contributed by atoms with van der Waals surface area (Å²) in [6.45, 7) is 6.85. The second-order valence-electron chi connectivity index (χ2n) is 5.65. The second-order valence-corrected chi connectivity index (χ2v) is 5.65. The van der Waals surface area contributed by atoms with E-state index in [1.807, 2.05) is 11.9 Å². The van der Waals surface area contributed by atoms with Crippen molar-refractivity contribution < 1.29 is 4.79 Å². The van der Waals surface area contributed by atoms with E-state index in [0.717, 1.165) is 32.5 Å². The van der Waals surface area contributed by atoms with E-state index in [1.54, 1.807) is 0 Å². The molecule has 2 rings (SSSR count). The van der Waals surface area contributed by atoms with Gasteiger partial charge in [-0.05, 0) is 50.9 Å². The Hall–Kier alpha value is -1.35. The van der Waals surface area contributed by atoms with Crippen molar-refractivity contribution in [1.82, 2.24) is 10.2 Å². The van der Waals surface area contributed by atoms with Crippen molar-refractivity contribution in [2.75, 3.05) is 20.1 Å². The minimum absolute atomic E-state index is 0.205. The third-order valence-corrected chi connectivity index (χ3v) is 3.98. The number of carbonyl (C=O) groups excluding carboxylic acids is 1. The average Bonchev–Trinajstić information content (AvgIpc) is 2.43. The summed E-state index contributed by atoms with van der Waals surface area (Å²) in [5.41, 5.74) is 3.77. The molecule has 1 aromatic carbocycles. The van der Waals surface area contributed by atoms with Gasteiger partial charge in [0.2, 0.25) is 5.91 Å². The van der Waals surface area contributed by atoms with E-state index < -0.39 is 0 Å². The minimum atomic E-state index is 0.205. The average molecular weight is 260 g/mol. The van der Waals surface area contributed by atoms with Crippen LogP contribution in [-0.4, -0.2) is 30.9 Å². The summed E-state index contributed by atoms with van der Waals surface area (Å²) in [6.07, 6.45) is 1.94. The van der Waals surface area contributed by atoms with Crippen LogP contribution in [0.1, 0.15) is 29.5 Å². The molecule has 0 saturated carbocycles. The number of nitrogens with one attached hydrogen (secondary N) is 1. The van der Waals surface area contributed by atoms with E-state index in [2.05, 4.69) is 37.4 Å². The number of rotatable bonds is 3. The van der Waals surface area contributed by atoms with Crippen molar-refractivity contribution >= 4 is 5.91 Å². The highest BCUT2D eigenvalue weighted by atomic mass is 16.2. The normalized spacial score (nSPS) is 16.4. The van der Waals surface area contributed by atoms with Gasteiger partial charge in [-0.2, -0.15) is 0 Å². The molecule has 1 aromatic rings. The number of carbonyl (C=O) groups is 1. The molecule has 1 N–H and O–H groups in total. The van der Waals surface area contributed by atoms with Crippen molar-refractivity contribution in [2.45, 2.75) is 33.2 Å². The monoisotopic (exact) mass is 260 g/mol. The van der Waals surface area contributed by atoms with Crippen LogP contribution in [0, 0.1) is 19.8 Å². The van der Waals surface area contributed by atoms with E-state index in [4.69, 9.17) is 0 Å². The Balaban J connectivity index is 2.01. The van der Waals surface area contributed by atoms with Crippen LogP contribution in [0.25, 0.3) is 0 Å². The van der Waals surface area contributed by atoms with Crippen molar-refractivity contribution in [3.8, 4) is 0 Å². The maximum atomic E-state index is 12.4. The zero-order valence-electron chi connectivity index (χ0n) is 12.2. The summed E-state index contributed by atoms with van der Waals surface area (Å²) in [4.78, 5) is 14.3. The van der Waals surface area contributed by atoms with Gasteiger partial charge in [0.05, 0.1) is 0 Å². The molecule has 0 unspecified atom stereocenters. The fourth-order valence-corrected chi connectivity index (χ4v) is 2.68. The third kappa shape index (κ3) is 3.57. The fraction of sp³-hybridized carbons (Fsp3) is 0.562. The predicted molar refractivity (Wildman–Crippen MR) is 78.0 cm³/mol. The van der Waals surface area contributed by atoms with Gasteiger partial charge in [-0.3, -0.25) is 4.79 Å². The molecule has 0 atom stereocenters. The quantitative estimate of drug-likeness (QED) is 0.904. The van der Waals surface area contributed by atoms with Gasteiger partial charge in [0.25, 0.3) is 0 Å². The van der Waals surface area contributed by atoms with Gasteiger partial charge < -0.3 is 10.2 Å². The van der Waals surface area contributed by atoms with Crippen molar-refractivity contribution in [3.63, 3.8) is 0 Å². The Morgan fingerprint density at radius 3 is 2.68 bits per heavy atom. The van der Waals surface area contributed by atoms with Crippen LogP contribution < -0.4 is 5.32 Å². The third-order valence-electron chi connectivity index (χ3n) is 3.98. The molecule has 1 amide bonds. The molecule has 1 aliphatic rings. The molecule has 3 nitrogen and oxygen atoms in total. The maximum Gasteiger partial charge on any atom is 0.225 e. The molecule has 3 heteroatoms. The van der Waals surface area contributed by atoms with E-state index in [1.165, 1.54) is 16.7 Å². The number of aryl methyl sites for hydroxylation is 2. The Labute approximate surface area is 116 Å². The highest BCUT2D eigenvalue weighted by Crippen LogP contribution is 2.18. The minimum Gasteiger partial charge on any atom is -0.341 e. The summed E-state index contributed by atoms with van der Waals surface area (Å²) >= 11 is 0. The first-order valence-corrected chi connectivity index (χ1v) is 7.10. The van der Waals surface area contributed by atoms with E-state index in [0.29, 0.717) is 5.91 Å². The van der Waals surface area contributed by atoms with Crippen LogP contribution in [0.2, 0.25) is 0 Å². The molecule has 1 fully saturated rings. The number of piperidine rings is 1. The van der Waals surface area contributed by atoms with Gasteiger partial charge in [-0.25, -0.2) is 0 Å². The number of benzene rings is 1. The van der Waals surface area contributed by atoms with Crippen molar-refractivity contribution in [3.05, 3.63) is 34.9 Å². The molecule has 0 aromatic heterocycles. The van der Waals surface area contributed by atoms with Gasteiger partial charge in [-0.15, -0.1) is 0 Å². The summed E-state index contributed by atoms with van der Waals surface area (Å²) in [6, 6.07) is 6.43. The molecule has 0 bridgehead atoms. The number of nitrogens with zero attached hydrogens (tertiary/aromatic N) is 1. The van der Waals surface area contributed by atoms with E-state index >= 15 is 0 Å². The number of hydrogen-bond donors (Lipinski definition) is 1. The van der Waals surface area contributed by atoms with E-state index in [9.17, 15) is 4.79 Å². The van der Waals surface area contributed by atoms with Crippen molar-refractivity contribution in [1.29, 1.82) is 0 Å². The largest absolute Gasteiger partial charge is 0.341 e. The Kier molecular flexibility index (Phi) is 4.59. The van der Waals surface area contributed by atoms with Crippen LogP contribution in [0.3, 0.4) is 0 Å². The standard InChI is InChI=1S/C16H24N2O/c1-12-4-5-13(2)15(10-12)11-18(3)16(19)14-6-8-17-9-7-14/h4-5,10,14,17H,6-9,11H2,1-3H3. The highest BCUT2D eigenvalue weighted by Gasteiger charge is 2.24. The van der Waals surface area contributed by atoms with Crippen LogP contribution in [0.4, 0.5) is 0 Å². The smallest absolute Gasteiger partial charge is 0.225 e. The molecule has 0 spiro atoms. The Morgan fingerprint density at radius 1 is 1.32 bits per heavy atom. The lowest BCUT2D eigenvalue weighted by molar-refractivity contribution is -0.135. The van der Waals surface area contributed by atoms with Gasteiger partial charge >= 0.3 is 0 Å². The molecule has 104 valence electrons. The summed E-state index contributed by atoms with van der Waals surface area (Å²) < 4.78 is 0. The number of amides is 1. The molecule has 1 saturated heterocycles. The molecule has 0 aliphatic carbocycles. The van der Waals surface area contributed by atoms with Gasteiger partial charge in [-0.1, -0.05) is 23.8 Å². The summed E-state index contributed by atoms with van der Waals surface area (Å²) in [5, 5.41) is 3.30. The summed E-state index contributed by atoms with van der Waals surface area (Å²) in [7, 11) is 1.92. The molecule has 19 heavy (non-hydrogen) atoms. The second kappa shape index (κ2) is 6.20. The molecular formula is C16H24N2O. The van der Waals surface area contributed by atoms with Crippen LogP contribution in [0.5, 0.6) is 0 Å². The zero-order valence-corrected chi connectivity index (χ0v) is 12.2. The lowest BCUT2D eigenvalue weighted by Crippen LogP contribution is -2.39. The first kappa shape index (κ1) is 14.1. The lowest BCUT2D eigenvalue weighted by atomic mass is 9.96. The van der Waals surface area contributed by atoms with Crippen molar-refractivity contribution in [2.24, 2.45) is 5.92 Å². The van der Waals surface area contributed by atoms with Crippen LogP contribution >= 0.6 is 0 Å². The summed E-state index contributed by atoms with van der Waals surface area (Å²) in [5.74, 6) is 0.499. The van der Waals surface area contributed by atoms with Crippen LogP contribution in [-0.2, 0) is 11.3 Å². The number of hydrogen-bond acceptors (Lipinski definition) is 2. The highest BCUT2D eigenvalue weighted by molar-refractivity contribution is 5.78. The molecular weight excluding hydrogens is 236 g/mol. The lowest BCUT2D eigenvalue weighted by Gasteiger charge is -2.27. The van der Waals surface area contributed by atoms with Gasteiger partial charge in [0, 0.05) is 19.5 Å². The Morgan fingerprint density at radius 2 is 2.00 bits per heavy atom. The molecule has 1 heterocycles. The van der Waals surface area contributed by atoms with E-state index in [-0.39, 0.29) is 5.92 Å². The Bertz CT molecular complexity index is 450. The van der Waals surface area contributed by atoms with Gasteiger partial charge in [0.15, 0.2) is 0 Å². The first-order chi connectivity index (χ1) is 9.08. The molecule has 1 aliphatic heterocycles. The SMILES string of the molecule is Cc1ccc(C)c(CN(C)C(=O)C2CCNCC2)c1. The molecule has 0 radical (unpaired) electrons. The predicted octanol–water partition coefficient (Wildman–Crippen LogP) is 2.26. The topological polar surface area (TPSA) is 32.3 Å². The van der Waals surface area contributed by atoms with Gasteiger partial charge in [0.1, 0.15) is 0 Å². The zero-order chi connectivity index (χ0) is 13.8. The first-order valence-electron chi connectivity index (χ1n) is 7.10. The maximum absolute atomic E-state index is 12.4. The van der Waals surface area contributed by atoms with Crippen LogP contribution in [0.15, 0.2) is 18.2 Å².